The van der Waals surface area contributed by atoms with Gasteiger partial charge in [-0.3, -0.25) is 9.59 Å². The van der Waals surface area contributed by atoms with Gasteiger partial charge >= 0.3 is 0 Å². The van der Waals surface area contributed by atoms with E-state index in [-0.39, 0.29) is 18.2 Å². The average molecular weight is 337 g/mol. The van der Waals surface area contributed by atoms with Gasteiger partial charge in [0.1, 0.15) is 6.42 Å². The van der Waals surface area contributed by atoms with Crippen molar-refractivity contribution < 1.29 is 9.59 Å². The Labute approximate surface area is 145 Å². The van der Waals surface area contributed by atoms with Gasteiger partial charge in [0.15, 0.2) is 0 Å². The highest BCUT2D eigenvalue weighted by atomic mass is 16.2. The molecule has 3 rings (SSSR count). The molecule has 1 aromatic heterocycles. The van der Waals surface area contributed by atoms with Crippen molar-refractivity contribution in [3.05, 3.63) is 35.2 Å². The maximum atomic E-state index is 12.7. The van der Waals surface area contributed by atoms with E-state index in [0.29, 0.717) is 37.3 Å². The first-order valence-corrected chi connectivity index (χ1v) is 8.18. The van der Waals surface area contributed by atoms with Crippen molar-refractivity contribution in [1.82, 2.24) is 19.8 Å². The van der Waals surface area contributed by atoms with Crippen molar-refractivity contribution in [2.45, 2.75) is 20.3 Å². The summed E-state index contributed by atoms with van der Waals surface area (Å²) in [5.41, 5.74) is 3.77. The number of rotatable bonds is 2. The molecule has 7 heteroatoms. The van der Waals surface area contributed by atoms with E-state index in [1.807, 2.05) is 26.0 Å². The van der Waals surface area contributed by atoms with Gasteiger partial charge in [0.05, 0.1) is 28.5 Å². The largest absolute Gasteiger partial charge is 0.338 e. The first-order chi connectivity index (χ1) is 12.0. The lowest BCUT2D eigenvalue weighted by molar-refractivity contribution is -0.131. The Morgan fingerprint density at radius 1 is 1.04 bits per heavy atom. The molecule has 0 bridgehead atoms. The second kappa shape index (κ2) is 6.85. The molecule has 1 aliphatic heterocycles. The summed E-state index contributed by atoms with van der Waals surface area (Å²) in [7, 11) is 0. The monoisotopic (exact) mass is 337 g/mol. The molecule has 2 amide bonds. The summed E-state index contributed by atoms with van der Waals surface area (Å²) >= 11 is 0. The molecule has 0 saturated carbocycles. The number of nitrogens with zero attached hydrogens (tertiary/aromatic N) is 5. The average Bonchev–Trinajstić information content (AvgIpc) is 2.62. The quantitative estimate of drug-likeness (QED) is 0.827. The molecule has 0 unspecified atom stereocenters. The molecule has 2 heterocycles. The number of fused-ring (bicyclic) bond motifs is 1. The molecule has 25 heavy (non-hydrogen) atoms. The molecule has 7 nitrogen and oxygen atoms in total. The Hall–Kier alpha value is -3.01. The zero-order valence-electron chi connectivity index (χ0n) is 14.3. The van der Waals surface area contributed by atoms with Crippen molar-refractivity contribution in [3.8, 4) is 6.07 Å². The number of hydrogen-bond acceptors (Lipinski definition) is 5. The van der Waals surface area contributed by atoms with E-state index in [1.54, 1.807) is 21.9 Å². The minimum atomic E-state index is -0.179. The molecule has 0 aliphatic carbocycles. The Balaban J connectivity index is 1.74. The highest BCUT2D eigenvalue weighted by molar-refractivity contribution is 5.97. The lowest BCUT2D eigenvalue weighted by Gasteiger charge is -2.34. The van der Waals surface area contributed by atoms with E-state index in [0.717, 1.165) is 16.9 Å². The van der Waals surface area contributed by atoms with E-state index in [9.17, 15) is 9.59 Å². The van der Waals surface area contributed by atoms with Crippen molar-refractivity contribution in [1.29, 1.82) is 5.26 Å². The lowest BCUT2D eigenvalue weighted by atomic mass is 10.1. The summed E-state index contributed by atoms with van der Waals surface area (Å²) in [6.07, 6.45) is -0.115. The molecule has 1 aromatic carbocycles. The zero-order valence-corrected chi connectivity index (χ0v) is 14.3. The van der Waals surface area contributed by atoms with Crippen LogP contribution in [0.25, 0.3) is 11.0 Å². The molecular weight excluding hydrogens is 318 g/mol. The van der Waals surface area contributed by atoms with Gasteiger partial charge < -0.3 is 9.80 Å². The van der Waals surface area contributed by atoms with E-state index in [1.165, 1.54) is 0 Å². The molecular formula is C18H19N5O2. The fraction of sp³-hybridized carbons (Fsp3) is 0.389. The predicted octanol–water partition coefficient (Wildman–Crippen LogP) is 1.44. The van der Waals surface area contributed by atoms with Crippen LogP contribution in [0.1, 0.15) is 28.2 Å². The number of hydrogen-bond donors (Lipinski definition) is 0. The Morgan fingerprint density at radius 3 is 2.28 bits per heavy atom. The molecule has 0 atom stereocenters. The van der Waals surface area contributed by atoms with Crippen molar-refractivity contribution in [2.75, 3.05) is 26.2 Å². The number of amides is 2. The van der Waals surface area contributed by atoms with Gasteiger partial charge in [-0.25, -0.2) is 9.97 Å². The maximum absolute atomic E-state index is 12.7. The smallest absolute Gasteiger partial charge is 0.254 e. The Bertz CT molecular complexity index is 879. The van der Waals surface area contributed by atoms with Crippen LogP contribution in [0, 0.1) is 25.2 Å². The summed E-state index contributed by atoms with van der Waals surface area (Å²) in [6, 6.07) is 7.21. The van der Waals surface area contributed by atoms with Crippen LogP contribution in [0.15, 0.2) is 18.2 Å². The van der Waals surface area contributed by atoms with Crippen LogP contribution in [-0.4, -0.2) is 57.8 Å². The molecule has 128 valence electrons. The van der Waals surface area contributed by atoms with Crippen LogP contribution in [0.3, 0.4) is 0 Å². The van der Waals surface area contributed by atoms with Gasteiger partial charge in [0.2, 0.25) is 5.91 Å². The van der Waals surface area contributed by atoms with Crippen LogP contribution < -0.4 is 0 Å². The SMILES string of the molecule is Cc1nc2ccc(C(=O)N3CCN(C(=O)CC#N)CC3)cc2nc1C. The van der Waals surface area contributed by atoms with Crippen LogP contribution in [0.2, 0.25) is 0 Å². The Morgan fingerprint density at radius 2 is 1.64 bits per heavy atom. The van der Waals surface area contributed by atoms with Crippen molar-refractivity contribution in [3.63, 3.8) is 0 Å². The summed E-state index contributed by atoms with van der Waals surface area (Å²) in [4.78, 5) is 36.8. The van der Waals surface area contributed by atoms with Crippen LogP contribution in [0.5, 0.6) is 0 Å². The summed E-state index contributed by atoms with van der Waals surface area (Å²) in [5, 5.41) is 8.61. The predicted molar refractivity (Wildman–Crippen MR) is 91.7 cm³/mol. The third-order valence-corrected chi connectivity index (χ3v) is 4.47. The topological polar surface area (TPSA) is 90.2 Å². The number of aromatic nitrogens is 2. The van der Waals surface area contributed by atoms with Gasteiger partial charge in [0, 0.05) is 31.7 Å². The second-order valence-electron chi connectivity index (χ2n) is 6.11. The molecule has 1 saturated heterocycles. The number of aryl methyl sites for hydroxylation is 2. The number of piperazine rings is 1. The van der Waals surface area contributed by atoms with Gasteiger partial charge in [-0.15, -0.1) is 0 Å². The standard InChI is InChI=1S/C18H19N5O2/c1-12-13(2)21-16-11-14(3-4-15(16)20-12)18(25)23-9-7-22(8-10-23)17(24)5-6-19/h3-4,11H,5,7-10H2,1-2H3. The summed E-state index contributed by atoms with van der Waals surface area (Å²) in [5.74, 6) is -0.254. The highest BCUT2D eigenvalue weighted by Crippen LogP contribution is 2.17. The second-order valence-corrected chi connectivity index (χ2v) is 6.11. The van der Waals surface area contributed by atoms with Gasteiger partial charge in [-0.2, -0.15) is 5.26 Å². The molecule has 0 radical (unpaired) electrons. The number of carbonyl (C=O) groups excluding carboxylic acids is 2. The van der Waals surface area contributed by atoms with Crippen LogP contribution >= 0.6 is 0 Å². The van der Waals surface area contributed by atoms with E-state index in [4.69, 9.17) is 5.26 Å². The van der Waals surface area contributed by atoms with E-state index < -0.39 is 0 Å². The molecule has 0 spiro atoms. The van der Waals surface area contributed by atoms with Crippen molar-refractivity contribution >= 4 is 22.8 Å². The molecule has 2 aromatic rings. The highest BCUT2D eigenvalue weighted by Gasteiger charge is 2.24. The van der Waals surface area contributed by atoms with Gasteiger partial charge in [-0.1, -0.05) is 0 Å². The van der Waals surface area contributed by atoms with Crippen molar-refractivity contribution in [2.24, 2.45) is 0 Å². The number of benzene rings is 1. The molecule has 1 aliphatic rings. The molecule has 0 N–H and O–H groups in total. The summed E-state index contributed by atoms with van der Waals surface area (Å²) < 4.78 is 0. The first kappa shape index (κ1) is 16.8. The van der Waals surface area contributed by atoms with Gasteiger partial charge in [0.25, 0.3) is 5.91 Å². The van der Waals surface area contributed by atoms with Crippen LogP contribution in [-0.2, 0) is 4.79 Å². The fourth-order valence-electron chi connectivity index (χ4n) is 2.88. The third kappa shape index (κ3) is 3.43. The molecule has 1 fully saturated rings. The maximum Gasteiger partial charge on any atom is 0.254 e. The fourth-order valence-corrected chi connectivity index (χ4v) is 2.88. The third-order valence-electron chi connectivity index (χ3n) is 4.47. The first-order valence-electron chi connectivity index (χ1n) is 8.18. The lowest BCUT2D eigenvalue weighted by Crippen LogP contribution is -2.50. The summed E-state index contributed by atoms with van der Waals surface area (Å²) in [6.45, 7) is 5.65. The minimum Gasteiger partial charge on any atom is -0.338 e. The zero-order chi connectivity index (χ0) is 18.0. The van der Waals surface area contributed by atoms with E-state index >= 15 is 0 Å². The van der Waals surface area contributed by atoms with Crippen LogP contribution in [0.4, 0.5) is 0 Å². The normalized spacial score (nSPS) is 14.4. The Kier molecular flexibility index (Phi) is 4.61. The minimum absolute atomic E-state index is 0.0747. The number of nitriles is 1. The van der Waals surface area contributed by atoms with E-state index in [2.05, 4.69) is 9.97 Å². The van der Waals surface area contributed by atoms with Gasteiger partial charge in [-0.05, 0) is 32.0 Å². The number of carbonyl (C=O) groups is 2.